The molecule has 0 aliphatic carbocycles. The lowest BCUT2D eigenvalue weighted by atomic mass is 10.1. The third-order valence-electron chi connectivity index (χ3n) is 2.00. The molecule has 1 aromatic rings. The van der Waals surface area contributed by atoms with Gasteiger partial charge in [-0.15, -0.1) is 0 Å². The number of ether oxygens (including phenoxy) is 1. The molecule has 4 heteroatoms. The predicted molar refractivity (Wildman–Crippen MR) is 61.9 cm³/mol. The second kappa shape index (κ2) is 6.25. The van der Waals surface area contributed by atoms with E-state index in [9.17, 15) is 4.79 Å². The lowest BCUT2D eigenvalue weighted by Crippen LogP contribution is -2.21. The van der Waals surface area contributed by atoms with Crippen LogP contribution in [0.2, 0.25) is 0 Å². The van der Waals surface area contributed by atoms with Crippen molar-refractivity contribution >= 4 is 5.78 Å². The number of carbonyl (C=O) groups excluding carboxylic acids is 1. The van der Waals surface area contributed by atoms with Gasteiger partial charge in [0.25, 0.3) is 0 Å². The summed E-state index contributed by atoms with van der Waals surface area (Å²) in [6.45, 7) is 0.656. The summed E-state index contributed by atoms with van der Waals surface area (Å²) in [5.74, 6) is 0.745. The Morgan fingerprint density at radius 1 is 1.31 bits per heavy atom. The fraction of sp³-hybridized carbons (Fsp3) is 0.417. The molecule has 16 heavy (non-hydrogen) atoms. The Morgan fingerprint density at radius 3 is 2.44 bits per heavy atom. The van der Waals surface area contributed by atoms with Crippen LogP contribution >= 0.6 is 0 Å². The van der Waals surface area contributed by atoms with Crippen LogP contribution in [0.3, 0.4) is 0 Å². The minimum Gasteiger partial charge on any atom is -0.491 e. The molecule has 1 N–H and O–H groups in total. The van der Waals surface area contributed by atoms with Gasteiger partial charge in [-0.25, -0.2) is 0 Å². The maximum absolute atomic E-state index is 11.7. The number of carbonyl (C=O) groups is 1. The van der Waals surface area contributed by atoms with Gasteiger partial charge in [-0.05, 0) is 38.4 Å². The summed E-state index contributed by atoms with van der Waals surface area (Å²) in [5.41, 5.74) is 0.671. The van der Waals surface area contributed by atoms with Gasteiger partial charge in [-0.2, -0.15) is 0 Å². The number of rotatable bonds is 6. The standard InChI is InChI=1S/C12H17NO3/c1-13(2)9-12(15)10-3-5-11(6-4-10)16-8-7-14/h3-6,14H,7-9H2,1-2H3. The Hall–Kier alpha value is -1.39. The Morgan fingerprint density at radius 2 is 1.94 bits per heavy atom. The van der Waals surface area contributed by atoms with Crippen molar-refractivity contribution in [3.63, 3.8) is 0 Å². The van der Waals surface area contributed by atoms with Crippen LogP contribution < -0.4 is 4.74 Å². The maximum Gasteiger partial charge on any atom is 0.176 e. The van der Waals surface area contributed by atoms with Crippen LogP contribution in [0.5, 0.6) is 5.75 Å². The first kappa shape index (κ1) is 12.7. The molecule has 0 radical (unpaired) electrons. The molecule has 0 atom stereocenters. The molecule has 0 bridgehead atoms. The molecule has 0 aromatic heterocycles. The van der Waals surface area contributed by atoms with Gasteiger partial charge in [-0.3, -0.25) is 4.79 Å². The van der Waals surface area contributed by atoms with E-state index < -0.39 is 0 Å². The van der Waals surface area contributed by atoms with Gasteiger partial charge < -0.3 is 14.7 Å². The van der Waals surface area contributed by atoms with E-state index in [1.807, 2.05) is 19.0 Å². The van der Waals surface area contributed by atoms with Crippen LogP contribution in [0.25, 0.3) is 0 Å². The largest absolute Gasteiger partial charge is 0.491 e. The van der Waals surface area contributed by atoms with E-state index in [4.69, 9.17) is 9.84 Å². The molecule has 1 aromatic carbocycles. The normalized spacial score (nSPS) is 10.5. The van der Waals surface area contributed by atoms with Crippen molar-refractivity contribution in [3.05, 3.63) is 29.8 Å². The van der Waals surface area contributed by atoms with Crippen LogP contribution in [0.1, 0.15) is 10.4 Å². The van der Waals surface area contributed by atoms with E-state index in [0.29, 0.717) is 17.9 Å². The molecular formula is C12H17NO3. The number of hydrogen-bond donors (Lipinski definition) is 1. The van der Waals surface area contributed by atoms with Crippen molar-refractivity contribution in [2.75, 3.05) is 33.9 Å². The van der Waals surface area contributed by atoms with Crippen LogP contribution in [0, 0.1) is 0 Å². The monoisotopic (exact) mass is 223 g/mol. The predicted octanol–water partition coefficient (Wildman–Crippen LogP) is 0.802. The smallest absolute Gasteiger partial charge is 0.176 e. The Labute approximate surface area is 95.5 Å². The summed E-state index contributed by atoms with van der Waals surface area (Å²) in [4.78, 5) is 13.5. The molecule has 0 fully saturated rings. The Bertz CT molecular complexity index is 333. The van der Waals surface area contributed by atoms with E-state index in [1.54, 1.807) is 24.3 Å². The van der Waals surface area contributed by atoms with E-state index in [-0.39, 0.29) is 19.0 Å². The Kier molecular flexibility index (Phi) is 4.95. The molecular weight excluding hydrogens is 206 g/mol. The summed E-state index contributed by atoms with van der Waals surface area (Å²) >= 11 is 0. The molecule has 1 rings (SSSR count). The highest BCUT2D eigenvalue weighted by molar-refractivity contribution is 5.97. The molecule has 0 heterocycles. The van der Waals surface area contributed by atoms with Crippen molar-refractivity contribution in [2.24, 2.45) is 0 Å². The van der Waals surface area contributed by atoms with Crippen molar-refractivity contribution in [1.29, 1.82) is 0 Å². The zero-order valence-corrected chi connectivity index (χ0v) is 9.64. The lowest BCUT2D eigenvalue weighted by molar-refractivity contribution is 0.0958. The maximum atomic E-state index is 11.7. The molecule has 0 spiro atoms. The first-order valence-electron chi connectivity index (χ1n) is 5.15. The fourth-order valence-electron chi connectivity index (χ4n) is 1.28. The molecule has 0 amide bonds. The Balaban J connectivity index is 2.60. The second-order valence-electron chi connectivity index (χ2n) is 3.76. The van der Waals surface area contributed by atoms with Gasteiger partial charge in [0.15, 0.2) is 5.78 Å². The first-order valence-corrected chi connectivity index (χ1v) is 5.15. The van der Waals surface area contributed by atoms with Gasteiger partial charge in [0.2, 0.25) is 0 Å². The average molecular weight is 223 g/mol. The van der Waals surface area contributed by atoms with E-state index in [1.165, 1.54) is 0 Å². The third-order valence-corrected chi connectivity index (χ3v) is 2.00. The van der Waals surface area contributed by atoms with Gasteiger partial charge in [0.05, 0.1) is 13.2 Å². The van der Waals surface area contributed by atoms with Crippen molar-refractivity contribution < 1.29 is 14.6 Å². The third kappa shape index (κ3) is 4.00. The lowest BCUT2D eigenvalue weighted by Gasteiger charge is -2.09. The summed E-state index contributed by atoms with van der Waals surface area (Å²) in [6.07, 6.45) is 0. The summed E-state index contributed by atoms with van der Waals surface area (Å²) in [7, 11) is 3.72. The van der Waals surface area contributed by atoms with Crippen LogP contribution in [0.4, 0.5) is 0 Å². The molecule has 0 saturated carbocycles. The minimum absolute atomic E-state index is 0.0126. The SMILES string of the molecule is CN(C)CC(=O)c1ccc(OCCO)cc1. The number of benzene rings is 1. The van der Waals surface area contributed by atoms with E-state index in [0.717, 1.165) is 0 Å². The van der Waals surface area contributed by atoms with Gasteiger partial charge in [0, 0.05) is 5.56 Å². The van der Waals surface area contributed by atoms with Crippen LogP contribution in [0.15, 0.2) is 24.3 Å². The minimum atomic E-state index is -0.0126. The zero-order valence-electron chi connectivity index (χ0n) is 9.64. The molecule has 0 aliphatic rings. The van der Waals surface area contributed by atoms with Crippen LogP contribution in [-0.4, -0.2) is 49.6 Å². The highest BCUT2D eigenvalue weighted by Gasteiger charge is 2.06. The number of nitrogens with zero attached hydrogens (tertiary/aromatic N) is 1. The van der Waals surface area contributed by atoms with E-state index >= 15 is 0 Å². The molecule has 0 saturated heterocycles. The average Bonchev–Trinajstić information content (AvgIpc) is 2.26. The van der Waals surface area contributed by atoms with Gasteiger partial charge in [-0.1, -0.05) is 0 Å². The molecule has 0 aliphatic heterocycles. The van der Waals surface area contributed by atoms with Gasteiger partial charge >= 0.3 is 0 Å². The molecule has 4 nitrogen and oxygen atoms in total. The highest BCUT2D eigenvalue weighted by atomic mass is 16.5. The van der Waals surface area contributed by atoms with E-state index in [2.05, 4.69) is 0 Å². The number of likely N-dealkylation sites (N-methyl/N-ethyl adjacent to an activating group) is 1. The van der Waals surface area contributed by atoms with Crippen molar-refractivity contribution in [1.82, 2.24) is 4.90 Å². The highest BCUT2D eigenvalue weighted by Crippen LogP contribution is 2.12. The summed E-state index contributed by atoms with van der Waals surface area (Å²) in [5, 5.41) is 8.58. The fourth-order valence-corrected chi connectivity index (χ4v) is 1.28. The van der Waals surface area contributed by atoms with Crippen LogP contribution in [-0.2, 0) is 0 Å². The number of hydrogen-bond acceptors (Lipinski definition) is 4. The molecule has 88 valence electrons. The second-order valence-corrected chi connectivity index (χ2v) is 3.76. The topological polar surface area (TPSA) is 49.8 Å². The number of ketones is 1. The number of aliphatic hydroxyl groups is 1. The summed E-state index contributed by atoms with van der Waals surface area (Å²) < 4.78 is 5.20. The first-order chi connectivity index (χ1) is 7.63. The van der Waals surface area contributed by atoms with Crippen molar-refractivity contribution in [2.45, 2.75) is 0 Å². The summed E-state index contributed by atoms with van der Waals surface area (Å²) in [6, 6.07) is 6.94. The molecule has 0 unspecified atom stereocenters. The number of aliphatic hydroxyl groups excluding tert-OH is 1. The van der Waals surface area contributed by atoms with Crippen molar-refractivity contribution in [3.8, 4) is 5.75 Å². The number of Topliss-reactive ketones (excluding diaryl/α,β-unsaturated/α-hetero) is 1. The van der Waals surface area contributed by atoms with Gasteiger partial charge in [0.1, 0.15) is 12.4 Å². The quantitative estimate of drug-likeness (QED) is 0.725. The zero-order chi connectivity index (χ0) is 12.0.